The predicted molar refractivity (Wildman–Crippen MR) is 91.6 cm³/mol. The van der Waals surface area contributed by atoms with Gasteiger partial charge in [0, 0.05) is 31.2 Å². The second-order valence-electron chi connectivity index (χ2n) is 5.51. The third-order valence-corrected chi connectivity index (χ3v) is 3.98. The zero-order valence-electron chi connectivity index (χ0n) is 14.0. The van der Waals surface area contributed by atoms with Gasteiger partial charge in [-0.3, -0.25) is 0 Å². The number of likely N-dealkylation sites (tertiary alicyclic amines) is 1. The molecule has 2 rings (SSSR count). The van der Waals surface area contributed by atoms with Crippen molar-refractivity contribution in [2.45, 2.75) is 25.8 Å². The lowest BCUT2D eigenvalue weighted by Crippen LogP contribution is -2.45. The van der Waals surface area contributed by atoms with Gasteiger partial charge in [0.15, 0.2) is 0 Å². The van der Waals surface area contributed by atoms with E-state index >= 15 is 0 Å². The van der Waals surface area contributed by atoms with Gasteiger partial charge in [-0.25, -0.2) is 4.79 Å². The number of nitrogens with one attached hydrogen (secondary N) is 1. The van der Waals surface area contributed by atoms with Gasteiger partial charge in [0.05, 0.1) is 13.7 Å². The van der Waals surface area contributed by atoms with E-state index in [0.29, 0.717) is 12.6 Å². The molecule has 23 heavy (non-hydrogen) atoms. The first-order valence-electron chi connectivity index (χ1n) is 8.19. The Morgan fingerprint density at radius 2 is 2.09 bits per heavy atom. The van der Waals surface area contributed by atoms with Gasteiger partial charge in [-0.05, 0) is 25.8 Å². The minimum absolute atomic E-state index is 0.193. The van der Waals surface area contributed by atoms with Gasteiger partial charge >= 0.3 is 6.09 Å². The molecule has 1 heterocycles. The van der Waals surface area contributed by atoms with Crippen molar-refractivity contribution in [2.75, 3.05) is 33.4 Å². The largest absolute Gasteiger partial charge is 0.496 e. The fraction of sp³-hybridized carbons (Fsp3) is 0.500. The Kier molecular flexibility index (Phi) is 6.94. The highest BCUT2D eigenvalue weighted by molar-refractivity contribution is 5.67. The summed E-state index contributed by atoms with van der Waals surface area (Å²) in [5, 5.41) is 3.51. The van der Waals surface area contributed by atoms with Crippen molar-refractivity contribution in [1.29, 1.82) is 0 Å². The Balaban J connectivity index is 1.71. The average molecular weight is 318 g/mol. The number of hydrogen-bond donors (Lipinski definition) is 1. The van der Waals surface area contributed by atoms with E-state index in [9.17, 15) is 4.79 Å². The van der Waals surface area contributed by atoms with E-state index in [1.54, 1.807) is 12.0 Å². The molecule has 1 N–H and O–H groups in total. The van der Waals surface area contributed by atoms with Crippen LogP contribution in [0.4, 0.5) is 4.79 Å². The van der Waals surface area contributed by atoms with Gasteiger partial charge in [0.1, 0.15) is 5.75 Å². The number of carbonyl (C=O) groups excluding carboxylic acids is 1. The van der Waals surface area contributed by atoms with Crippen LogP contribution in [0.3, 0.4) is 0 Å². The lowest BCUT2D eigenvalue weighted by Gasteiger charge is -2.31. The maximum absolute atomic E-state index is 11.6. The SMILES string of the molecule is CCOC(=O)N1CCC(NC/C=C/c2ccccc2OC)CC1. The monoisotopic (exact) mass is 318 g/mol. The van der Waals surface area contributed by atoms with Crippen molar-refractivity contribution in [3.63, 3.8) is 0 Å². The summed E-state index contributed by atoms with van der Waals surface area (Å²) >= 11 is 0. The first-order valence-corrected chi connectivity index (χ1v) is 8.19. The smallest absolute Gasteiger partial charge is 0.409 e. The van der Waals surface area contributed by atoms with Gasteiger partial charge in [-0.2, -0.15) is 0 Å². The van der Waals surface area contributed by atoms with E-state index in [1.807, 2.05) is 31.2 Å². The molecule has 0 radical (unpaired) electrons. The molecule has 5 nitrogen and oxygen atoms in total. The average Bonchev–Trinajstić information content (AvgIpc) is 2.60. The number of para-hydroxylation sites is 1. The molecule has 1 amide bonds. The first kappa shape index (κ1) is 17.3. The van der Waals surface area contributed by atoms with Gasteiger partial charge in [0.2, 0.25) is 0 Å². The van der Waals surface area contributed by atoms with Crippen LogP contribution in [0, 0.1) is 0 Å². The molecule has 0 aliphatic carbocycles. The number of hydrogen-bond acceptors (Lipinski definition) is 4. The van der Waals surface area contributed by atoms with Crippen molar-refractivity contribution < 1.29 is 14.3 Å². The topological polar surface area (TPSA) is 50.8 Å². The van der Waals surface area contributed by atoms with Crippen LogP contribution in [0.15, 0.2) is 30.3 Å². The Labute approximate surface area is 138 Å². The van der Waals surface area contributed by atoms with Crippen LogP contribution in [0.25, 0.3) is 6.08 Å². The normalized spacial score (nSPS) is 15.8. The number of rotatable bonds is 6. The number of benzene rings is 1. The maximum atomic E-state index is 11.6. The maximum Gasteiger partial charge on any atom is 0.409 e. The minimum Gasteiger partial charge on any atom is -0.496 e. The third kappa shape index (κ3) is 5.28. The van der Waals surface area contributed by atoms with Crippen LogP contribution in [-0.4, -0.2) is 50.4 Å². The van der Waals surface area contributed by atoms with Crippen molar-refractivity contribution >= 4 is 12.2 Å². The molecule has 0 atom stereocenters. The summed E-state index contributed by atoms with van der Waals surface area (Å²) in [6.45, 7) is 4.59. The molecule has 1 aliphatic heterocycles. The molecule has 1 aliphatic rings. The molecule has 0 bridgehead atoms. The molecule has 126 valence electrons. The summed E-state index contributed by atoms with van der Waals surface area (Å²) in [6, 6.07) is 8.40. The summed E-state index contributed by atoms with van der Waals surface area (Å²) in [4.78, 5) is 13.4. The van der Waals surface area contributed by atoms with Crippen molar-refractivity contribution in [3.05, 3.63) is 35.9 Å². The fourth-order valence-corrected chi connectivity index (χ4v) is 2.71. The lowest BCUT2D eigenvalue weighted by molar-refractivity contribution is 0.0954. The van der Waals surface area contributed by atoms with E-state index in [-0.39, 0.29) is 6.09 Å². The molecular formula is C18H26N2O3. The lowest BCUT2D eigenvalue weighted by atomic mass is 10.1. The molecule has 1 fully saturated rings. The van der Waals surface area contributed by atoms with Gasteiger partial charge in [0.25, 0.3) is 0 Å². The predicted octanol–water partition coefficient (Wildman–Crippen LogP) is 2.92. The van der Waals surface area contributed by atoms with Crippen molar-refractivity contribution in [1.82, 2.24) is 10.2 Å². The summed E-state index contributed by atoms with van der Waals surface area (Å²) in [5.41, 5.74) is 1.08. The molecular weight excluding hydrogens is 292 g/mol. The van der Waals surface area contributed by atoms with E-state index in [4.69, 9.17) is 9.47 Å². The van der Waals surface area contributed by atoms with E-state index in [2.05, 4.69) is 17.5 Å². The molecule has 0 saturated carbocycles. The first-order chi connectivity index (χ1) is 11.2. The molecule has 1 aromatic rings. The van der Waals surface area contributed by atoms with Crippen LogP contribution >= 0.6 is 0 Å². The molecule has 1 saturated heterocycles. The second-order valence-corrected chi connectivity index (χ2v) is 5.51. The standard InChI is InChI=1S/C18H26N2O3/c1-3-23-18(21)20-13-10-16(11-14-20)19-12-6-8-15-7-4-5-9-17(15)22-2/h4-9,16,19H,3,10-14H2,1-2H3/b8-6+. The third-order valence-electron chi connectivity index (χ3n) is 3.98. The molecule has 1 aromatic carbocycles. The van der Waals surface area contributed by atoms with E-state index < -0.39 is 0 Å². The molecule has 0 spiro atoms. The van der Waals surface area contributed by atoms with Gasteiger partial charge in [-0.15, -0.1) is 0 Å². The highest BCUT2D eigenvalue weighted by Gasteiger charge is 2.22. The Morgan fingerprint density at radius 1 is 1.35 bits per heavy atom. The van der Waals surface area contributed by atoms with Gasteiger partial charge < -0.3 is 19.7 Å². The summed E-state index contributed by atoms with van der Waals surface area (Å²) in [5.74, 6) is 0.881. The van der Waals surface area contributed by atoms with Crippen LogP contribution in [-0.2, 0) is 4.74 Å². The number of ether oxygens (including phenoxy) is 2. The highest BCUT2D eigenvalue weighted by atomic mass is 16.6. The summed E-state index contributed by atoms with van der Waals surface area (Å²) < 4.78 is 10.4. The second kappa shape index (κ2) is 9.20. The van der Waals surface area contributed by atoms with Crippen LogP contribution in [0.5, 0.6) is 5.75 Å². The van der Waals surface area contributed by atoms with Crippen LogP contribution in [0.1, 0.15) is 25.3 Å². The number of carbonyl (C=O) groups is 1. The quantitative estimate of drug-likeness (QED) is 0.876. The molecule has 0 aromatic heterocycles. The fourth-order valence-electron chi connectivity index (χ4n) is 2.71. The number of amides is 1. The molecule has 5 heteroatoms. The zero-order valence-corrected chi connectivity index (χ0v) is 14.0. The number of methoxy groups -OCH3 is 1. The number of nitrogens with zero attached hydrogens (tertiary/aromatic N) is 1. The summed E-state index contributed by atoms with van der Waals surface area (Å²) in [6.07, 6.45) is 5.90. The summed E-state index contributed by atoms with van der Waals surface area (Å²) in [7, 11) is 1.68. The van der Waals surface area contributed by atoms with E-state index in [0.717, 1.165) is 43.8 Å². The highest BCUT2D eigenvalue weighted by Crippen LogP contribution is 2.18. The number of piperidine rings is 1. The van der Waals surface area contributed by atoms with E-state index in [1.165, 1.54) is 0 Å². The van der Waals surface area contributed by atoms with Crippen molar-refractivity contribution in [3.8, 4) is 5.75 Å². The molecule has 0 unspecified atom stereocenters. The Hall–Kier alpha value is -2.01. The zero-order chi connectivity index (χ0) is 16.5. The minimum atomic E-state index is -0.193. The van der Waals surface area contributed by atoms with Crippen molar-refractivity contribution in [2.24, 2.45) is 0 Å². The Bertz CT molecular complexity index is 523. The van der Waals surface area contributed by atoms with Crippen LogP contribution in [0.2, 0.25) is 0 Å². The van der Waals surface area contributed by atoms with Crippen LogP contribution < -0.4 is 10.1 Å². The van der Waals surface area contributed by atoms with Gasteiger partial charge in [-0.1, -0.05) is 30.4 Å². The Morgan fingerprint density at radius 3 is 2.78 bits per heavy atom.